The van der Waals surface area contributed by atoms with Gasteiger partial charge in [0.25, 0.3) is 0 Å². The van der Waals surface area contributed by atoms with Crippen LogP contribution >= 0.6 is 27.5 Å². The second-order valence-electron chi connectivity index (χ2n) is 4.28. The molecule has 2 rings (SSSR count). The van der Waals surface area contributed by atoms with Crippen molar-refractivity contribution in [3.05, 3.63) is 70.0 Å². The zero-order valence-corrected chi connectivity index (χ0v) is 12.3. The summed E-state index contributed by atoms with van der Waals surface area (Å²) in [5.74, 6) is -0.251. The van der Waals surface area contributed by atoms with Crippen molar-refractivity contribution in [3.8, 4) is 0 Å². The molecule has 0 saturated heterocycles. The van der Waals surface area contributed by atoms with Gasteiger partial charge in [-0.25, -0.2) is 4.39 Å². The van der Waals surface area contributed by atoms with E-state index in [0.717, 1.165) is 5.56 Å². The summed E-state index contributed by atoms with van der Waals surface area (Å²) in [6.07, 6.45) is 0.536. The maximum absolute atomic E-state index is 13.7. The van der Waals surface area contributed by atoms with Crippen molar-refractivity contribution in [3.63, 3.8) is 0 Å². The van der Waals surface area contributed by atoms with Gasteiger partial charge in [-0.1, -0.05) is 63.4 Å². The van der Waals surface area contributed by atoms with Crippen molar-refractivity contribution >= 4 is 27.5 Å². The Kier molecular flexibility index (Phi) is 4.41. The van der Waals surface area contributed by atoms with E-state index in [0.29, 0.717) is 17.0 Å². The summed E-state index contributed by atoms with van der Waals surface area (Å²) in [6.45, 7) is 2.04. The molecule has 2 aromatic rings. The molecule has 3 heteroatoms. The molecule has 0 spiro atoms. The van der Waals surface area contributed by atoms with E-state index < -0.39 is 0 Å². The quantitative estimate of drug-likeness (QED) is 0.656. The van der Waals surface area contributed by atoms with Crippen LogP contribution in [-0.2, 0) is 6.42 Å². The number of rotatable bonds is 3. The number of alkyl halides is 1. The molecule has 0 fully saturated rings. The Labute approximate surface area is 120 Å². The van der Waals surface area contributed by atoms with Crippen LogP contribution in [0.3, 0.4) is 0 Å². The Hall–Kier alpha value is -0.860. The highest BCUT2D eigenvalue weighted by Crippen LogP contribution is 2.31. The zero-order valence-electron chi connectivity index (χ0n) is 9.96. The van der Waals surface area contributed by atoms with Crippen molar-refractivity contribution in [1.29, 1.82) is 0 Å². The van der Waals surface area contributed by atoms with Crippen molar-refractivity contribution in [2.24, 2.45) is 0 Å². The number of hydrogen-bond acceptors (Lipinski definition) is 0. The number of hydrogen-bond donors (Lipinski definition) is 0. The predicted molar refractivity (Wildman–Crippen MR) is 78.0 cm³/mol. The van der Waals surface area contributed by atoms with E-state index in [2.05, 4.69) is 15.9 Å². The van der Waals surface area contributed by atoms with Gasteiger partial charge in [0.2, 0.25) is 0 Å². The molecule has 0 nitrogen and oxygen atoms in total. The lowest BCUT2D eigenvalue weighted by molar-refractivity contribution is 0.608. The highest BCUT2D eigenvalue weighted by molar-refractivity contribution is 9.09. The highest BCUT2D eigenvalue weighted by atomic mass is 79.9. The second kappa shape index (κ2) is 5.85. The SMILES string of the molecule is Cc1ccc(C(Br)Cc2c(F)cccc2Cl)cc1. The molecule has 0 aromatic heterocycles. The molecule has 0 aliphatic rings. The van der Waals surface area contributed by atoms with Crippen LogP contribution < -0.4 is 0 Å². The Bertz CT molecular complexity index is 516. The molecule has 0 bridgehead atoms. The summed E-state index contributed by atoms with van der Waals surface area (Å²) in [6, 6.07) is 13.0. The lowest BCUT2D eigenvalue weighted by atomic mass is 10.0. The van der Waals surface area contributed by atoms with Gasteiger partial charge in [0, 0.05) is 15.4 Å². The van der Waals surface area contributed by atoms with E-state index in [1.165, 1.54) is 11.6 Å². The summed E-state index contributed by atoms with van der Waals surface area (Å²) in [4.78, 5) is 0.0625. The lowest BCUT2D eigenvalue weighted by Crippen LogP contribution is -1.99. The van der Waals surface area contributed by atoms with Gasteiger partial charge in [0.15, 0.2) is 0 Å². The average Bonchev–Trinajstić information content (AvgIpc) is 2.34. The maximum atomic E-state index is 13.7. The smallest absolute Gasteiger partial charge is 0.127 e. The molecule has 1 unspecified atom stereocenters. The van der Waals surface area contributed by atoms with Gasteiger partial charge < -0.3 is 0 Å². The molecule has 0 saturated carbocycles. The van der Waals surface area contributed by atoms with Crippen LogP contribution in [0.2, 0.25) is 5.02 Å². The van der Waals surface area contributed by atoms with Gasteiger partial charge in [-0.2, -0.15) is 0 Å². The standard InChI is InChI=1S/C15H13BrClF/c1-10-5-7-11(8-6-10)13(16)9-12-14(17)3-2-4-15(12)18/h2-8,13H,9H2,1H3. The van der Waals surface area contributed by atoms with E-state index in [4.69, 9.17) is 11.6 Å². The average molecular weight is 328 g/mol. The maximum Gasteiger partial charge on any atom is 0.127 e. The second-order valence-corrected chi connectivity index (χ2v) is 5.80. The summed E-state index contributed by atoms with van der Waals surface area (Å²) in [5.41, 5.74) is 2.89. The van der Waals surface area contributed by atoms with Crippen LogP contribution in [0.1, 0.15) is 21.5 Å². The fourth-order valence-electron chi connectivity index (χ4n) is 1.80. The van der Waals surface area contributed by atoms with Crippen LogP contribution in [0.4, 0.5) is 4.39 Å². The molecular weight excluding hydrogens is 315 g/mol. The van der Waals surface area contributed by atoms with Gasteiger partial charge in [0.05, 0.1) is 0 Å². The first-order valence-electron chi connectivity index (χ1n) is 5.71. The molecule has 94 valence electrons. The van der Waals surface area contributed by atoms with Crippen LogP contribution in [0, 0.1) is 12.7 Å². The van der Waals surface area contributed by atoms with Crippen molar-refractivity contribution in [1.82, 2.24) is 0 Å². The first kappa shape index (κ1) is 13.6. The van der Waals surface area contributed by atoms with Gasteiger partial charge in [-0.3, -0.25) is 0 Å². The van der Waals surface area contributed by atoms with Crippen LogP contribution in [0.15, 0.2) is 42.5 Å². The molecule has 1 atom stereocenters. The van der Waals surface area contributed by atoms with Crippen molar-refractivity contribution < 1.29 is 4.39 Å². The topological polar surface area (TPSA) is 0 Å². The van der Waals surface area contributed by atoms with Crippen molar-refractivity contribution in [2.45, 2.75) is 18.2 Å². The summed E-state index contributed by atoms with van der Waals surface area (Å²) in [5, 5.41) is 0.478. The molecule has 0 radical (unpaired) electrons. The predicted octanol–water partition coefficient (Wildman–Crippen LogP) is 5.47. The summed E-state index contributed by atoms with van der Waals surface area (Å²) in [7, 11) is 0. The van der Waals surface area contributed by atoms with E-state index >= 15 is 0 Å². The first-order valence-corrected chi connectivity index (χ1v) is 7.01. The van der Waals surface area contributed by atoms with E-state index in [1.54, 1.807) is 12.1 Å². The molecule has 0 aliphatic heterocycles. The monoisotopic (exact) mass is 326 g/mol. The van der Waals surface area contributed by atoms with Gasteiger partial charge in [-0.15, -0.1) is 0 Å². The molecule has 2 aromatic carbocycles. The van der Waals surface area contributed by atoms with E-state index in [-0.39, 0.29) is 10.6 Å². The molecular formula is C15H13BrClF. The van der Waals surface area contributed by atoms with Gasteiger partial charge in [-0.05, 0) is 31.0 Å². The van der Waals surface area contributed by atoms with Crippen LogP contribution in [0.5, 0.6) is 0 Å². The minimum atomic E-state index is -0.251. The third-order valence-corrected chi connectivity index (χ3v) is 4.09. The van der Waals surface area contributed by atoms with Crippen LogP contribution in [0.25, 0.3) is 0 Å². The third-order valence-electron chi connectivity index (χ3n) is 2.88. The summed E-state index contributed by atoms with van der Waals surface area (Å²) >= 11 is 9.62. The summed E-state index contributed by atoms with van der Waals surface area (Å²) < 4.78 is 13.7. The largest absolute Gasteiger partial charge is 0.207 e. The molecule has 0 amide bonds. The molecule has 0 aliphatic carbocycles. The fourth-order valence-corrected chi connectivity index (χ4v) is 2.67. The van der Waals surface area contributed by atoms with Crippen molar-refractivity contribution in [2.75, 3.05) is 0 Å². The Morgan fingerprint density at radius 1 is 1.17 bits per heavy atom. The molecule has 18 heavy (non-hydrogen) atoms. The fraction of sp³-hybridized carbons (Fsp3) is 0.200. The Morgan fingerprint density at radius 2 is 1.83 bits per heavy atom. The molecule has 0 N–H and O–H groups in total. The number of halogens is 3. The lowest BCUT2D eigenvalue weighted by Gasteiger charge is -2.12. The molecule has 0 heterocycles. The highest BCUT2D eigenvalue weighted by Gasteiger charge is 2.14. The van der Waals surface area contributed by atoms with Crippen LogP contribution in [-0.4, -0.2) is 0 Å². The third kappa shape index (κ3) is 3.12. The Morgan fingerprint density at radius 3 is 2.44 bits per heavy atom. The Balaban J connectivity index is 2.21. The minimum absolute atomic E-state index is 0.0625. The number of benzene rings is 2. The first-order chi connectivity index (χ1) is 8.58. The van der Waals surface area contributed by atoms with E-state index in [9.17, 15) is 4.39 Å². The normalized spacial score (nSPS) is 12.4. The number of aryl methyl sites for hydroxylation is 1. The van der Waals surface area contributed by atoms with Gasteiger partial charge in [0.1, 0.15) is 5.82 Å². The van der Waals surface area contributed by atoms with Gasteiger partial charge >= 0.3 is 0 Å². The minimum Gasteiger partial charge on any atom is -0.207 e. The zero-order chi connectivity index (χ0) is 13.1. The van der Waals surface area contributed by atoms with E-state index in [1.807, 2.05) is 31.2 Å².